The van der Waals surface area contributed by atoms with Crippen molar-refractivity contribution < 1.29 is 0 Å². The van der Waals surface area contributed by atoms with Gasteiger partial charge in [0.2, 0.25) is 0 Å². The molecule has 0 amide bonds. The molecule has 1 aliphatic rings. The number of hydrogen-bond donors (Lipinski definition) is 0. The summed E-state index contributed by atoms with van der Waals surface area (Å²) in [7, 11) is 0. The lowest BCUT2D eigenvalue weighted by Crippen LogP contribution is -1.73. The molecule has 0 bridgehead atoms. The van der Waals surface area contributed by atoms with E-state index in [2.05, 4.69) is 24.1 Å². The third-order valence-electron chi connectivity index (χ3n) is 1.32. The number of hydrogen-bond acceptors (Lipinski definition) is 1. The van der Waals surface area contributed by atoms with Crippen molar-refractivity contribution >= 4 is 6.21 Å². The van der Waals surface area contributed by atoms with E-state index in [0.717, 1.165) is 12.1 Å². The molecule has 0 saturated carbocycles. The molecule has 9 heavy (non-hydrogen) atoms. The molecule has 1 nitrogen and oxygen atoms in total. The molecular formula is C8H11N. The topological polar surface area (TPSA) is 12.4 Å². The van der Waals surface area contributed by atoms with Gasteiger partial charge >= 0.3 is 0 Å². The van der Waals surface area contributed by atoms with E-state index in [0.29, 0.717) is 0 Å². The Hall–Kier alpha value is -0.850. The zero-order chi connectivity index (χ0) is 6.69. The Labute approximate surface area is 55.8 Å². The van der Waals surface area contributed by atoms with Crippen LogP contribution in [0.25, 0.3) is 0 Å². The van der Waals surface area contributed by atoms with Gasteiger partial charge in [0.25, 0.3) is 0 Å². The summed E-state index contributed by atoms with van der Waals surface area (Å²) < 4.78 is 0. The van der Waals surface area contributed by atoms with Gasteiger partial charge in [-0.3, -0.25) is 4.99 Å². The number of aliphatic imine (C=N–C) groups is 1. The van der Waals surface area contributed by atoms with Crippen molar-refractivity contribution in [2.24, 2.45) is 4.99 Å². The number of rotatable bonds is 0. The Morgan fingerprint density at radius 3 is 2.89 bits per heavy atom. The molecule has 0 spiro atoms. The summed E-state index contributed by atoms with van der Waals surface area (Å²) in [5.41, 5.74) is 2.37. The Morgan fingerprint density at radius 1 is 1.33 bits per heavy atom. The van der Waals surface area contributed by atoms with Crippen molar-refractivity contribution in [3.8, 4) is 0 Å². The molecule has 1 aliphatic heterocycles. The maximum absolute atomic E-state index is 4.17. The Bertz CT molecular complexity index is 165. The Morgan fingerprint density at radius 2 is 2.11 bits per heavy atom. The minimum Gasteiger partial charge on any atom is -0.262 e. The lowest BCUT2D eigenvalue weighted by Gasteiger charge is -1.84. The van der Waals surface area contributed by atoms with Crippen molar-refractivity contribution in [1.82, 2.24) is 0 Å². The zero-order valence-electron chi connectivity index (χ0n) is 5.89. The normalized spacial score (nSPS) is 18.4. The third kappa shape index (κ3) is 1.84. The van der Waals surface area contributed by atoms with Crippen LogP contribution in [0.3, 0.4) is 0 Å². The van der Waals surface area contributed by atoms with Gasteiger partial charge in [0.05, 0.1) is 0 Å². The van der Waals surface area contributed by atoms with Gasteiger partial charge in [0.15, 0.2) is 0 Å². The molecule has 0 unspecified atom stereocenters. The van der Waals surface area contributed by atoms with Gasteiger partial charge in [-0.1, -0.05) is 12.2 Å². The summed E-state index contributed by atoms with van der Waals surface area (Å²) in [5, 5.41) is 0. The Kier molecular flexibility index (Phi) is 1.83. The molecule has 1 heteroatoms. The smallest absolute Gasteiger partial charge is 0.0336 e. The van der Waals surface area contributed by atoms with Crippen LogP contribution in [0, 0.1) is 0 Å². The van der Waals surface area contributed by atoms with Gasteiger partial charge in [0.1, 0.15) is 0 Å². The second kappa shape index (κ2) is 2.62. The molecule has 0 atom stereocenters. The van der Waals surface area contributed by atoms with Crippen molar-refractivity contribution in [3.63, 3.8) is 0 Å². The fourth-order valence-corrected chi connectivity index (χ4v) is 0.724. The van der Waals surface area contributed by atoms with Crippen molar-refractivity contribution in [2.75, 3.05) is 0 Å². The molecular weight excluding hydrogens is 110 g/mol. The van der Waals surface area contributed by atoms with Crippen molar-refractivity contribution in [1.29, 1.82) is 0 Å². The van der Waals surface area contributed by atoms with Gasteiger partial charge in [-0.2, -0.15) is 0 Å². The third-order valence-corrected chi connectivity index (χ3v) is 1.32. The van der Waals surface area contributed by atoms with E-state index in [9.17, 15) is 0 Å². The highest BCUT2D eigenvalue weighted by Crippen LogP contribution is 2.04. The summed E-state index contributed by atoms with van der Waals surface area (Å²) in [6.45, 7) is 4.08. The molecule has 0 radical (unpaired) electrons. The quantitative estimate of drug-likeness (QED) is 0.466. The molecule has 0 fully saturated rings. The monoisotopic (exact) mass is 121 g/mol. The summed E-state index contributed by atoms with van der Waals surface area (Å²) in [6.07, 6.45) is 7.21. The van der Waals surface area contributed by atoms with Crippen LogP contribution in [0.1, 0.15) is 20.3 Å². The molecule has 0 aliphatic carbocycles. The zero-order valence-corrected chi connectivity index (χ0v) is 5.89. The minimum atomic E-state index is 1.03. The summed E-state index contributed by atoms with van der Waals surface area (Å²) in [4.78, 5) is 4.17. The highest BCUT2D eigenvalue weighted by molar-refractivity contribution is 5.78. The van der Waals surface area contributed by atoms with Gasteiger partial charge in [-0.05, 0) is 25.8 Å². The van der Waals surface area contributed by atoms with E-state index in [1.54, 1.807) is 0 Å². The highest BCUT2D eigenvalue weighted by atomic mass is 14.7. The lowest BCUT2D eigenvalue weighted by molar-refractivity contribution is 1.25. The van der Waals surface area contributed by atoms with E-state index in [-0.39, 0.29) is 0 Å². The molecule has 0 aromatic carbocycles. The van der Waals surface area contributed by atoms with Crippen LogP contribution in [0.15, 0.2) is 28.4 Å². The predicted octanol–water partition coefficient (Wildman–Crippen LogP) is 2.31. The lowest BCUT2D eigenvalue weighted by atomic mass is 10.2. The van der Waals surface area contributed by atoms with E-state index < -0.39 is 0 Å². The standard InChI is InChI=1S/C8H11N/c1-7-4-3-5-8(2)9-6-7/h4-6H,3H2,1-2H3. The van der Waals surface area contributed by atoms with Crippen LogP contribution in [0.5, 0.6) is 0 Å². The second-order valence-electron chi connectivity index (χ2n) is 2.29. The first-order chi connectivity index (χ1) is 4.29. The van der Waals surface area contributed by atoms with Crippen molar-refractivity contribution in [3.05, 3.63) is 23.4 Å². The summed E-state index contributed by atoms with van der Waals surface area (Å²) in [6, 6.07) is 0. The molecule has 0 aromatic rings. The highest BCUT2D eigenvalue weighted by Gasteiger charge is 1.88. The summed E-state index contributed by atoms with van der Waals surface area (Å²) in [5.74, 6) is 0. The average Bonchev–Trinajstić information content (AvgIpc) is 1.97. The van der Waals surface area contributed by atoms with E-state index in [4.69, 9.17) is 0 Å². The van der Waals surface area contributed by atoms with E-state index in [1.807, 2.05) is 13.1 Å². The van der Waals surface area contributed by atoms with Crippen LogP contribution >= 0.6 is 0 Å². The first-order valence-corrected chi connectivity index (χ1v) is 3.16. The van der Waals surface area contributed by atoms with E-state index in [1.165, 1.54) is 5.57 Å². The average molecular weight is 121 g/mol. The van der Waals surface area contributed by atoms with Crippen LogP contribution in [-0.4, -0.2) is 6.21 Å². The van der Waals surface area contributed by atoms with Gasteiger partial charge in [-0.25, -0.2) is 0 Å². The molecule has 0 saturated heterocycles. The number of nitrogens with zero attached hydrogens (tertiary/aromatic N) is 1. The maximum Gasteiger partial charge on any atom is 0.0336 e. The molecule has 1 heterocycles. The maximum atomic E-state index is 4.17. The summed E-state index contributed by atoms with van der Waals surface area (Å²) >= 11 is 0. The Balaban J connectivity index is 2.75. The second-order valence-corrected chi connectivity index (χ2v) is 2.29. The van der Waals surface area contributed by atoms with E-state index >= 15 is 0 Å². The fraction of sp³-hybridized carbons (Fsp3) is 0.375. The molecule has 48 valence electrons. The van der Waals surface area contributed by atoms with Crippen LogP contribution in [-0.2, 0) is 0 Å². The molecule has 0 N–H and O–H groups in total. The van der Waals surface area contributed by atoms with Crippen LogP contribution in [0.2, 0.25) is 0 Å². The van der Waals surface area contributed by atoms with Gasteiger partial charge in [-0.15, -0.1) is 0 Å². The largest absolute Gasteiger partial charge is 0.262 e. The molecule has 1 rings (SSSR count). The SMILES string of the molecule is CC1=CCC=C(C)N=C1. The molecule has 0 aromatic heterocycles. The van der Waals surface area contributed by atoms with Crippen LogP contribution < -0.4 is 0 Å². The van der Waals surface area contributed by atoms with Gasteiger partial charge in [0, 0.05) is 11.9 Å². The van der Waals surface area contributed by atoms with Gasteiger partial charge < -0.3 is 0 Å². The first kappa shape index (κ1) is 6.27. The predicted molar refractivity (Wildman–Crippen MR) is 40.6 cm³/mol. The minimum absolute atomic E-state index is 1.03. The first-order valence-electron chi connectivity index (χ1n) is 3.16. The van der Waals surface area contributed by atoms with Crippen molar-refractivity contribution in [2.45, 2.75) is 20.3 Å². The number of allylic oxidation sites excluding steroid dienone is 4. The fourth-order valence-electron chi connectivity index (χ4n) is 0.724. The van der Waals surface area contributed by atoms with Crippen LogP contribution in [0.4, 0.5) is 0 Å².